The van der Waals surface area contributed by atoms with Crippen molar-refractivity contribution in [3.8, 4) is 17.2 Å². The minimum Gasteiger partial charge on any atom is -0.496 e. The lowest BCUT2D eigenvalue weighted by molar-refractivity contribution is 0.0732. The van der Waals surface area contributed by atoms with Crippen LogP contribution in [0, 0.1) is 0 Å². The maximum absolute atomic E-state index is 13.0. The van der Waals surface area contributed by atoms with Crippen molar-refractivity contribution in [1.82, 2.24) is 14.9 Å². The monoisotopic (exact) mass is 419 g/mol. The van der Waals surface area contributed by atoms with Crippen LogP contribution in [0.5, 0.6) is 17.2 Å². The summed E-state index contributed by atoms with van der Waals surface area (Å²) in [6.07, 6.45) is 0.987. The number of methoxy groups -OCH3 is 1. The van der Waals surface area contributed by atoms with Gasteiger partial charge in [0.2, 0.25) is 6.79 Å². The van der Waals surface area contributed by atoms with Crippen LogP contribution in [0.4, 0.5) is 0 Å². The lowest BCUT2D eigenvalue weighted by Crippen LogP contribution is -2.39. The third-order valence-corrected chi connectivity index (χ3v) is 5.57. The van der Waals surface area contributed by atoms with E-state index in [1.165, 1.54) is 0 Å². The molecule has 1 N–H and O–H groups in total. The average molecular weight is 419 g/mol. The Balaban J connectivity index is 1.37. The zero-order valence-corrected chi connectivity index (χ0v) is 17.0. The van der Waals surface area contributed by atoms with Crippen molar-refractivity contribution < 1.29 is 19.0 Å². The number of aromatic nitrogens is 2. The molecule has 2 aliphatic heterocycles. The number of nitrogens with zero attached hydrogens (tertiary/aromatic N) is 2. The summed E-state index contributed by atoms with van der Waals surface area (Å²) < 4.78 is 16.1. The molecule has 0 bridgehead atoms. The highest BCUT2D eigenvalue weighted by atomic mass is 16.7. The highest BCUT2D eigenvalue weighted by molar-refractivity contribution is 5.95. The van der Waals surface area contributed by atoms with Crippen LogP contribution in [0.15, 0.2) is 47.3 Å². The summed E-state index contributed by atoms with van der Waals surface area (Å²) in [6, 6.07) is 12.8. The smallest absolute Gasteiger partial charge is 0.256 e. The fourth-order valence-electron chi connectivity index (χ4n) is 3.98. The van der Waals surface area contributed by atoms with Gasteiger partial charge < -0.3 is 24.1 Å². The van der Waals surface area contributed by atoms with Crippen LogP contribution in [-0.2, 0) is 19.4 Å². The molecule has 0 unspecified atom stereocenters. The molecular weight excluding hydrogens is 398 g/mol. The number of rotatable bonds is 4. The Bertz CT molecular complexity index is 1220. The summed E-state index contributed by atoms with van der Waals surface area (Å²) >= 11 is 0. The molecule has 8 nitrogen and oxygen atoms in total. The van der Waals surface area contributed by atoms with Gasteiger partial charge in [-0.1, -0.05) is 18.2 Å². The van der Waals surface area contributed by atoms with Crippen LogP contribution in [0.1, 0.15) is 33.0 Å². The highest BCUT2D eigenvalue weighted by Gasteiger charge is 2.26. The first kappa shape index (κ1) is 19.2. The Morgan fingerprint density at radius 2 is 2.03 bits per heavy atom. The molecule has 158 valence electrons. The fraction of sp³-hybridized carbons (Fsp3) is 0.261. The third-order valence-electron chi connectivity index (χ3n) is 5.57. The van der Waals surface area contributed by atoms with Crippen molar-refractivity contribution in [3.63, 3.8) is 0 Å². The number of para-hydroxylation sites is 1. The van der Waals surface area contributed by atoms with Gasteiger partial charge in [-0.3, -0.25) is 9.59 Å². The Morgan fingerprint density at radius 3 is 2.90 bits per heavy atom. The van der Waals surface area contributed by atoms with Gasteiger partial charge in [-0.05, 0) is 24.3 Å². The summed E-state index contributed by atoms with van der Waals surface area (Å²) in [6.45, 7) is 0.868. The predicted octanol–water partition coefficient (Wildman–Crippen LogP) is 2.30. The van der Waals surface area contributed by atoms with Gasteiger partial charge in [0.15, 0.2) is 11.5 Å². The first-order valence-corrected chi connectivity index (χ1v) is 10.0. The maximum atomic E-state index is 13.0. The normalized spacial score (nSPS) is 14.3. The van der Waals surface area contributed by atoms with Crippen LogP contribution < -0.4 is 19.8 Å². The summed E-state index contributed by atoms with van der Waals surface area (Å²) in [5.41, 5.74) is 2.51. The van der Waals surface area contributed by atoms with Gasteiger partial charge in [0.05, 0.1) is 24.9 Å². The number of nitrogens with one attached hydrogen (secondary N) is 1. The standard InChI is InChI=1S/C23H21N3O5/c1-29-18-5-3-2-4-14(18)11-21-24-17-8-9-26(12-16(17)22(27)25-21)23(28)15-6-7-19-20(10-15)31-13-30-19/h2-7,10H,8-9,11-13H2,1H3,(H,24,25,27). The Hall–Kier alpha value is -3.81. The van der Waals surface area contributed by atoms with Crippen molar-refractivity contribution in [2.75, 3.05) is 20.4 Å². The molecule has 0 radical (unpaired) electrons. The van der Waals surface area contributed by atoms with E-state index in [2.05, 4.69) is 9.97 Å². The molecule has 1 aromatic heterocycles. The van der Waals surface area contributed by atoms with Crippen LogP contribution >= 0.6 is 0 Å². The van der Waals surface area contributed by atoms with Crippen molar-refractivity contribution in [2.24, 2.45) is 0 Å². The van der Waals surface area contributed by atoms with Gasteiger partial charge in [0.1, 0.15) is 11.6 Å². The molecule has 1 amide bonds. The van der Waals surface area contributed by atoms with E-state index in [1.54, 1.807) is 30.2 Å². The van der Waals surface area contributed by atoms with Crippen molar-refractivity contribution in [2.45, 2.75) is 19.4 Å². The molecule has 0 atom stereocenters. The van der Waals surface area contributed by atoms with Crippen LogP contribution in [0.25, 0.3) is 0 Å². The molecular formula is C23H21N3O5. The zero-order chi connectivity index (χ0) is 21.4. The lowest BCUT2D eigenvalue weighted by atomic mass is 10.0. The van der Waals surface area contributed by atoms with Gasteiger partial charge in [0, 0.05) is 30.5 Å². The van der Waals surface area contributed by atoms with E-state index in [9.17, 15) is 9.59 Å². The van der Waals surface area contributed by atoms with Gasteiger partial charge in [-0.2, -0.15) is 0 Å². The first-order chi connectivity index (χ1) is 15.1. The number of carbonyl (C=O) groups is 1. The second-order valence-electron chi connectivity index (χ2n) is 7.47. The van der Waals surface area contributed by atoms with Crippen LogP contribution in [0.3, 0.4) is 0 Å². The van der Waals surface area contributed by atoms with Crippen LogP contribution in [-0.4, -0.2) is 41.2 Å². The van der Waals surface area contributed by atoms with E-state index in [4.69, 9.17) is 14.2 Å². The molecule has 0 spiro atoms. The summed E-state index contributed by atoms with van der Waals surface area (Å²) in [5.74, 6) is 2.38. The lowest BCUT2D eigenvalue weighted by Gasteiger charge is -2.28. The molecule has 0 saturated heterocycles. The third kappa shape index (κ3) is 3.61. The first-order valence-electron chi connectivity index (χ1n) is 10.0. The quantitative estimate of drug-likeness (QED) is 0.698. The molecule has 31 heavy (non-hydrogen) atoms. The summed E-state index contributed by atoms with van der Waals surface area (Å²) in [7, 11) is 1.62. The minimum absolute atomic E-state index is 0.151. The van der Waals surface area contributed by atoms with E-state index >= 15 is 0 Å². The van der Waals surface area contributed by atoms with Crippen LogP contribution in [0.2, 0.25) is 0 Å². The molecule has 0 saturated carbocycles. The van der Waals surface area contributed by atoms with Gasteiger partial charge in [-0.25, -0.2) is 4.98 Å². The van der Waals surface area contributed by atoms with Gasteiger partial charge >= 0.3 is 0 Å². The SMILES string of the molecule is COc1ccccc1Cc1nc2c(c(=O)[nH]1)CN(C(=O)c1ccc3c(c1)OCO3)CC2. The van der Waals surface area contributed by atoms with Crippen molar-refractivity contribution in [3.05, 3.63) is 81.0 Å². The predicted molar refractivity (Wildman–Crippen MR) is 112 cm³/mol. The number of hydrogen-bond acceptors (Lipinski definition) is 6. The summed E-state index contributed by atoms with van der Waals surface area (Å²) in [5, 5.41) is 0. The number of amides is 1. The maximum Gasteiger partial charge on any atom is 0.256 e. The zero-order valence-electron chi connectivity index (χ0n) is 17.0. The van der Waals surface area contributed by atoms with E-state index < -0.39 is 0 Å². The van der Waals surface area contributed by atoms with E-state index in [-0.39, 0.29) is 24.8 Å². The number of benzene rings is 2. The van der Waals surface area contributed by atoms with Gasteiger partial charge in [-0.15, -0.1) is 0 Å². The Morgan fingerprint density at radius 1 is 1.19 bits per heavy atom. The number of aromatic amines is 1. The average Bonchev–Trinajstić information content (AvgIpc) is 3.27. The fourth-order valence-corrected chi connectivity index (χ4v) is 3.98. The second-order valence-corrected chi connectivity index (χ2v) is 7.47. The molecule has 3 heterocycles. The molecule has 0 aliphatic carbocycles. The number of carbonyl (C=O) groups excluding carboxylic acids is 1. The van der Waals surface area contributed by atoms with E-state index in [1.807, 2.05) is 24.3 Å². The molecule has 5 rings (SSSR count). The highest BCUT2D eigenvalue weighted by Crippen LogP contribution is 2.33. The van der Waals surface area contributed by atoms with E-state index in [0.29, 0.717) is 47.8 Å². The number of ether oxygens (including phenoxy) is 3. The molecule has 2 aliphatic rings. The molecule has 0 fully saturated rings. The number of hydrogen-bond donors (Lipinski definition) is 1. The van der Waals surface area contributed by atoms with Crippen molar-refractivity contribution >= 4 is 5.91 Å². The summed E-state index contributed by atoms with van der Waals surface area (Å²) in [4.78, 5) is 35.0. The topological polar surface area (TPSA) is 93.8 Å². The largest absolute Gasteiger partial charge is 0.496 e. The number of H-pyrrole nitrogens is 1. The Labute approximate surface area is 178 Å². The van der Waals surface area contributed by atoms with Gasteiger partial charge in [0.25, 0.3) is 11.5 Å². The Kier molecular flexibility index (Phi) is 4.82. The number of fused-ring (bicyclic) bond motifs is 2. The molecule has 3 aromatic rings. The second kappa shape index (κ2) is 7.79. The van der Waals surface area contributed by atoms with E-state index in [0.717, 1.165) is 17.0 Å². The molecule has 2 aromatic carbocycles. The molecule has 8 heteroatoms. The van der Waals surface area contributed by atoms with Crippen molar-refractivity contribution in [1.29, 1.82) is 0 Å². The minimum atomic E-state index is -0.210.